The summed E-state index contributed by atoms with van der Waals surface area (Å²) < 4.78 is 0. The Hall–Kier alpha value is -1.40. The van der Waals surface area contributed by atoms with Crippen molar-refractivity contribution in [2.45, 2.75) is 19.4 Å². The first-order valence-electron chi connectivity index (χ1n) is 6.85. The van der Waals surface area contributed by atoms with Gasteiger partial charge < -0.3 is 20.9 Å². The normalized spacial score (nSPS) is 15.4. The van der Waals surface area contributed by atoms with Crippen LogP contribution in [0, 0.1) is 6.92 Å². The lowest BCUT2D eigenvalue weighted by molar-refractivity contribution is 0.405. The van der Waals surface area contributed by atoms with E-state index in [0.29, 0.717) is 6.04 Å². The SMILES string of the molecule is Cc1nc(NCCCN(C)C)cc(NC2CNC2)n1. The maximum absolute atomic E-state index is 4.41. The van der Waals surface area contributed by atoms with Crippen LogP contribution in [0.4, 0.5) is 11.6 Å². The fourth-order valence-corrected chi connectivity index (χ4v) is 1.94. The molecule has 0 radical (unpaired) electrons. The van der Waals surface area contributed by atoms with Gasteiger partial charge in [-0.05, 0) is 34.0 Å². The van der Waals surface area contributed by atoms with E-state index in [1.54, 1.807) is 0 Å². The van der Waals surface area contributed by atoms with E-state index in [1.165, 1.54) is 0 Å². The Morgan fingerprint density at radius 2 is 2.05 bits per heavy atom. The number of aromatic nitrogens is 2. The van der Waals surface area contributed by atoms with Gasteiger partial charge in [0.15, 0.2) is 0 Å². The van der Waals surface area contributed by atoms with Crippen molar-refractivity contribution in [2.75, 3.05) is 50.9 Å². The van der Waals surface area contributed by atoms with E-state index in [4.69, 9.17) is 0 Å². The van der Waals surface area contributed by atoms with Crippen LogP contribution in [-0.2, 0) is 0 Å². The predicted molar refractivity (Wildman–Crippen MR) is 78.7 cm³/mol. The predicted octanol–water partition coefficient (Wildman–Crippen LogP) is 0.532. The van der Waals surface area contributed by atoms with Crippen LogP contribution in [-0.4, -0.2) is 61.2 Å². The minimum atomic E-state index is 0.496. The van der Waals surface area contributed by atoms with Crippen LogP contribution in [0.1, 0.15) is 12.2 Å². The van der Waals surface area contributed by atoms with Gasteiger partial charge >= 0.3 is 0 Å². The van der Waals surface area contributed by atoms with Crippen LogP contribution in [0.2, 0.25) is 0 Å². The number of nitrogens with zero attached hydrogens (tertiary/aromatic N) is 3. The summed E-state index contributed by atoms with van der Waals surface area (Å²) in [6.07, 6.45) is 1.10. The van der Waals surface area contributed by atoms with E-state index in [-0.39, 0.29) is 0 Å². The van der Waals surface area contributed by atoms with Crippen LogP contribution in [0.15, 0.2) is 6.07 Å². The molecule has 1 fully saturated rings. The maximum atomic E-state index is 4.41. The molecule has 1 saturated heterocycles. The fraction of sp³-hybridized carbons (Fsp3) is 0.692. The molecule has 1 aromatic rings. The summed E-state index contributed by atoms with van der Waals surface area (Å²) in [4.78, 5) is 11.0. The summed E-state index contributed by atoms with van der Waals surface area (Å²) in [5.74, 6) is 2.61. The molecule has 0 amide bonds. The van der Waals surface area contributed by atoms with Gasteiger partial charge in [0.2, 0.25) is 0 Å². The molecule has 2 rings (SSSR count). The Labute approximate surface area is 115 Å². The topological polar surface area (TPSA) is 65.1 Å². The van der Waals surface area contributed by atoms with Crippen molar-refractivity contribution >= 4 is 11.6 Å². The van der Waals surface area contributed by atoms with Gasteiger partial charge in [-0.2, -0.15) is 0 Å². The number of rotatable bonds is 7. The van der Waals surface area contributed by atoms with Crippen molar-refractivity contribution in [3.63, 3.8) is 0 Å². The van der Waals surface area contributed by atoms with Crippen molar-refractivity contribution < 1.29 is 0 Å². The summed E-state index contributed by atoms with van der Waals surface area (Å²) in [5, 5.41) is 10.0. The summed E-state index contributed by atoms with van der Waals surface area (Å²) in [7, 11) is 4.17. The highest BCUT2D eigenvalue weighted by Crippen LogP contribution is 2.13. The molecule has 6 nitrogen and oxygen atoms in total. The molecular weight excluding hydrogens is 240 g/mol. The van der Waals surface area contributed by atoms with Gasteiger partial charge in [-0.1, -0.05) is 0 Å². The van der Waals surface area contributed by atoms with Crippen LogP contribution < -0.4 is 16.0 Å². The number of nitrogens with one attached hydrogen (secondary N) is 3. The lowest BCUT2D eigenvalue weighted by Crippen LogP contribution is -2.51. The fourth-order valence-electron chi connectivity index (χ4n) is 1.94. The monoisotopic (exact) mass is 264 g/mol. The maximum Gasteiger partial charge on any atom is 0.132 e. The van der Waals surface area contributed by atoms with Gasteiger partial charge in [0, 0.05) is 25.7 Å². The van der Waals surface area contributed by atoms with Crippen molar-refractivity contribution in [1.82, 2.24) is 20.2 Å². The molecule has 106 valence electrons. The van der Waals surface area contributed by atoms with Gasteiger partial charge in [-0.3, -0.25) is 0 Å². The molecule has 0 aromatic carbocycles. The highest BCUT2D eigenvalue weighted by Gasteiger charge is 2.16. The Morgan fingerprint density at radius 3 is 2.68 bits per heavy atom. The van der Waals surface area contributed by atoms with E-state index in [1.807, 2.05) is 13.0 Å². The summed E-state index contributed by atoms with van der Waals surface area (Å²) in [5.41, 5.74) is 0. The van der Waals surface area contributed by atoms with Crippen molar-refractivity contribution in [3.8, 4) is 0 Å². The van der Waals surface area contributed by atoms with Crippen molar-refractivity contribution in [1.29, 1.82) is 0 Å². The third-order valence-corrected chi connectivity index (χ3v) is 3.06. The molecule has 0 bridgehead atoms. The second kappa shape index (κ2) is 6.68. The third kappa shape index (κ3) is 4.65. The zero-order valence-electron chi connectivity index (χ0n) is 12.0. The summed E-state index contributed by atoms with van der Waals surface area (Å²) in [6.45, 7) is 5.95. The van der Waals surface area contributed by atoms with E-state index < -0.39 is 0 Å². The largest absolute Gasteiger partial charge is 0.370 e. The lowest BCUT2D eigenvalue weighted by atomic mass is 10.2. The van der Waals surface area contributed by atoms with E-state index in [2.05, 4.69) is 44.9 Å². The summed E-state index contributed by atoms with van der Waals surface area (Å²) in [6, 6.07) is 2.48. The second-order valence-electron chi connectivity index (χ2n) is 5.27. The molecule has 0 aliphatic carbocycles. The molecule has 3 N–H and O–H groups in total. The van der Waals surface area contributed by atoms with Crippen LogP contribution in [0.5, 0.6) is 0 Å². The molecule has 1 aromatic heterocycles. The van der Waals surface area contributed by atoms with Crippen LogP contribution in [0.25, 0.3) is 0 Å². The molecule has 2 heterocycles. The molecule has 1 aliphatic heterocycles. The standard InChI is InChI=1S/C13H24N6/c1-10-16-12(15-5-4-6-19(2)3)7-13(17-10)18-11-8-14-9-11/h7,11,14H,4-6,8-9H2,1-3H3,(H2,15,16,17,18). The molecule has 6 heteroatoms. The first-order chi connectivity index (χ1) is 9.13. The van der Waals surface area contributed by atoms with Crippen LogP contribution >= 0.6 is 0 Å². The first-order valence-corrected chi connectivity index (χ1v) is 6.85. The Morgan fingerprint density at radius 1 is 1.32 bits per heavy atom. The number of aryl methyl sites for hydroxylation is 1. The number of anilines is 2. The average Bonchev–Trinajstić information content (AvgIpc) is 2.29. The van der Waals surface area contributed by atoms with E-state index in [0.717, 1.165) is 50.1 Å². The molecule has 0 atom stereocenters. The number of hydrogen-bond acceptors (Lipinski definition) is 6. The van der Waals surface area contributed by atoms with Crippen LogP contribution in [0.3, 0.4) is 0 Å². The smallest absolute Gasteiger partial charge is 0.132 e. The van der Waals surface area contributed by atoms with Gasteiger partial charge in [0.25, 0.3) is 0 Å². The zero-order valence-corrected chi connectivity index (χ0v) is 12.0. The molecule has 0 spiro atoms. The van der Waals surface area contributed by atoms with Crippen molar-refractivity contribution in [2.24, 2.45) is 0 Å². The highest BCUT2D eigenvalue weighted by molar-refractivity contribution is 5.48. The molecule has 0 unspecified atom stereocenters. The van der Waals surface area contributed by atoms with Gasteiger partial charge in [-0.25, -0.2) is 9.97 Å². The van der Waals surface area contributed by atoms with Gasteiger partial charge in [0.05, 0.1) is 6.04 Å². The molecule has 0 saturated carbocycles. The van der Waals surface area contributed by atoms with E-state index >= 15 is 0 Å². The average molecular weight is 264 g/mol. The Balaban J connectivity index is 1.84. The Bertz CT molecular complexity index is 402. The number of hydrogen-bond donors (Lipinski definition) is 3. The van der Waals surface area contributed by atoms with Crippen molar-refractivity contribution in [3.05, 3.63) is 11.9 Å². The van der Waals surface area contributed by atoms with Gasteiger partial charge in [0.1, 0.15) is 17.5 Å². The van der Waals surface area contributed by atoms with Gasteiger partial charge in [-0.15, -0.1) is 0 Å². The minimum absolute atomic E-state index is 0.496. The third-order valence-electron chi connectivity index (χ3n) is 3.06. The quantitative estimate of drug-likeness (QED) is 0.625. The zero-order chi connectivity index (χ0) is 13.7. The first kappa shape index (κ1) is 14.0. The molecule has 19 heavy (non-hydrogen) atoms. The van der Waals surface area contributed by atoms with E-state index in [9.17, 15) is 0 Å². The minimum Gasteiger partial charge on any atom is -0.370 e. The summed E-state index contributed by atoms with van der Waals surface area (Å²) >= 11 is 0. The lowest BCUT2D eigenvalue weighted by Gasteiger charge is -2.28. The Kier molecular flexibility index (Phi) is 4.93. The molecule has 1 aliphatic rings. The second-order valence-corrected chi connectivity index (χ2v) is 5.27. The molecular formula is C13H24N6. The highest BCUT2D eigenvalue weighted by atomic mass is 15.1.